The normalized spacial score (nSPS) is 15.2. The van der Waals surface area contributed by atoms with Gasteiger partial charge in [0.05, 0.1) is 5.56 Å². The molecule has 0 heterocycles. The Kier molecular flexibility index (Phi) is 7.40. The van der Waals surface area contributed by atoms with E-state index in [0.717, 1.165) is 54.4 Å². The van der Waals surface area contributed by atoms with Crippen LogP contribution in [0.4, 0.5) is 8.78 Å². The highest BCUT2D eigenvalue weighted by Crippen LogP contribution is 2.32. The SMILES string of the molecule is CCCC1CCc2c(cc(F)c(C#Cc3ccc(/C=C/c4ccc(CC)cc4)cc3)c2F)C1. The molecule has 0 saturated carbocycles. The molecular weight excluding hydrogens is 410 g/mol. The van der Waals surface area contributed by atoms with Gasteiger partial charge in [-0.25, -0.2) is 8.78 Å². The lowest BCUT2D eigenvalue weighted by molar-refractivity contribution is 0.411. The average Bonchev–Trinajstić information content (AvgIpc) is 2.83. The Morgan fingerprint density at radius 3 is 2.21 bits per heavy atom. The van der Waals surface area contributed by atoms with Gasteiger partial charge in [-0.05, 0) is 77.6 Å². The molecule has 0 spiro atoms. The quantitative estimate of drug-likeness (QED) is 0.278. The first-order valence-corrected chi connectivity index (χ1v) is 12.0. The van der Waals surface area contributed by atoms with Gasteiger partial charge >= 0.3 is 0 Å². The van der Waals surface area contributed by atoms with Crippen molar-refractivity contribution >= 4 is 12.2 Å². The summed E-state index contributed by atoms with van der Waals surface area (Å²) >= 11 is 0. The minimum atomic E-state index is -0.551. The molecule has 0 fully saturated rings. The first-order chi connectivity index (χ1) is 16.1. The highest BCUT2D eigenvalue weighted by Gasteiger charge is 2.24. The molecule has 0 saturated heterocycles. The van der Waals surface area contributed by atoms with Crippen molar-refractivity contribution < 1.29 is 8.78 Å². The lowest BCUT2D eigenvalue weighted by atomic mass is 9.81. The number of hydrogen-bond acceptors (Lipinski definition) is 0. The number of benzene rings is 3. The molecular formula is C31H30F2. The molecule has 3 aromatic rings. The number of hydrogen-bond donors (Lipinski definition) is 0. The van der Waals surface area contributed by atoms with Gasteiger partial charge in [-0.3, -0.25) is 0 Å². The monoisotopic (exact) mass is 440 g/mol. The molecule has 3 aromatic carbocycles. The van der Waals surface area contributed by atoms with Gasteiger partial charge in [0.25, 0.3) is 0 Å². The molecule has 1 aliphatic rings. The molecule has 0 aromatic heterocycles. The van der Waals surface area contributed by atoms with Crippen molar-refractivity contribution in [3.05, 3.63) is 105 Å². The Labute approximate surface area is 196 Å². The van der Waals surface area contributed by atoms with E-state index in [9.17, 15) is 4.39 Å². The van der Waals surface area contributed by atoms with Crippen molar-refractivity contribution in [1.82, 2.24) is 0 Å². The average molecular weight is 441 g/mol. The van der Waals surface area contributed by atoms with Crippen LogP contribution < -0.4 is 0 Å². The molecule has 4 rings (SSSR count). The highest BCUT2D eigenvalue weighted by atomic mass is 19.1. The summed E-state index contributed by atoms with van der Waals surface area (Å²) in [6.45, 7) is 4.30. The maximum atomic E-state index is 15.1. The molecule has 1 unspecified atom stereocenters. The fraction of sp³-hybridized carbons (Fsp3) is 0.290. The topological polar surface area (TPSA) is 0 Å². The Bertz CT molecular complexity index is 1190. The highest BCUT2D eigenvalue weighted by molar-refractivity contribution is 5.70. The van der Waals surface area contributed by atoms with Crippen molar-refractivity contribution in [2.75, 3.05) is 0 Å². The molecule has 1 atom stereocenters. The third-order valence-corrected chi connectivity index (χ3v) is 6.52. The Hall–Kier alpha value is -3.18. The predicted molar refractivity (Wildman–Crippen MR) is 134 cm³/mol. The van der Waals surface area contributed by atoms with Gasteiger partial charge in [0.2, 0.25) is 0 Å². The van der Waals surface area contributed by atoms with Crippen LogP contribution >= 0.6 is 0 Å². The molecule has 0 bridgehead atoms. The largest absolute Gasteiger partial charge is 0.206 e. The fourth-order valence-electron chi connectivity index (χ4n) is 4.56. The second-order valence-electron chi connectivity index (χ2n) is 8.88. The molecule has 0 aliphatic heterocycles. The lowest BCUT2D eigenvalue weighted by Crippen LogP contribution is -2.17. The smallest absolute Gasteiger partial charge is 0.145 e. The van der Waals surface area contributed by atoms with Gasteiger partial charge in [-0.2, -0.15) is 0 Å². The molecule has 0 N–H and O–H groups in total. The number of fused-ring (bicyclic) bond motifs is 1. The van der Waals surface area contributed by atoms with Crippen molar-refractivity contribution in [3.8, 4) is 11.8 Å². The Morgan fingerprint density at radius 2 is 1.58 bits per heavy atom. The summed E-state index contributed by atoms with van der Waals surface area (Å²) in [5.74, 6) is 5.20. The number of halogens is 2. The van der Waals surface area contributed by atoms with Crippen molar-refractivity contribution in [3.63, 3.8) is 0 Å². The Morgan fingerprint density at radius 1 is 0.909 bits per heavy atom. The molecule has 33 heavy (non-hydrogen) atoms. The first kappa shape index (κ1) is 23.0. The van der Waals surface area contributed by atoms with Crippen LogP contribution in [0.1, 0.15) is 72.1 Å². The zero-order valence-corrected chi connectivity index (χ0v) is 19.4. The molecule has 1 aliphatic carbocycles. The zero-order valence-electron chi connectivity index (χ0n) is 19.4. The lowest BCUT2D eigenvalue weighted by Gasteiger charge is -2.25. The molecule has 168 valence electrons. The van der Waals surface area contributed by atoms with E-state index in [1.807, 2.05) is 30.3 Å². The number of rotatable bonds is 5. The Balaban J connectivity index is 1.49. The van der Waals surface area contributed by atoms with Gasteiger partial charge in [-0.15, -0.1) is 0 Å². The predicted octanol–water partition coefficient (Wildman–Crippen LogP) is 8.00. The first-order valence-electron chi connectivity index (χ1n) is 12.0. The maximum Gasteiger partial charge on any atom is 0.145 e. The summed E-state index contributed by atoms with van der Waals surface area (Å²) in [4.78, 5) is 0. The second kappa shape index (κ2) is 10.6. The standard InChI is InChI=1S/C31H30F2/c1-3-5-26-17-18-28-27(20-26)21-30(32)29(31(28)33)19-16-25-14-12-24(13-15-25)11-10-23-8-6-22(4-2)7-9-23/h6-15,21,26H,3-5,17-18,20H2,1-2H3/b11-10+. The summed E-state index contributed by atoms with van der Waals surface area (Å²) in [5.41, 5.74) is 5.62. The minimum Gasteiger partial charge on any atom is -0.206 e. The molecule has 0 nitrogen and oxygen atoms in total. The van der Waals surface area contributed by atoms with E-state index in [4.69, 9.17) is 0 Å². The van der Waals surface area contributed by atoms with Gasteiger partial charge in [0.15, 0.2) is 0 Å². The van der Waals surface area contributed by atoms with Crippen molar-refractivity contribution in [2.45, 2.75) is 52.4 Å². The summed E-state index contributed by atoms with van der Waals surface area (Å²) in [6, 6.07) is 17.7. The number of aryl methyl sites for hydroxylation is 1. The van der Waals surface area contributed by atoms with Gasteiger partial charge < -0.3 is 0 Å². The van der Waals surface area contributed by atoms with E-state index in [2.05, 4.69) is 56.0 Å². The van der Waals surface area contributed by atoms with Crippen LogP contribution in [0.2, 0.25) is 0 Å². The summed E-state index contributed by atoms with van der Waals surface area (Å²) in [6.07, 6.45) is 9.77. The van der Waals surface area contributed by atoms with Crippen LogP contribution in [-0.4, -0.2) is 0 Å². The van der Waals surface area contributed by atoms with Crippen LogP contribution in [0.3, 0.4) is 0 Å². The molecule has 0 radical (unpaired) electrons. The van der Waals surface area contributed by atoms with E-state index in [0.29, 0.717) is 17.9 Å². The van der Waals surface area contributed by atoms with E-state index in [1.54, 1.807) is 0 Å². The van der Waals surface area contributed by atoms with Crippen LogP contribution in [0.15, 0.2) is 54.6 Å². The van der Waals surface area contributed by atoms with Crippen LogP contribution in [-0.2, 0) is 19.3 Å². The molecule has 0 amide bonds. The zero-order chi connectivity index (χ0) is 23.2. The summed E-state index contributed by atoms with van der Waals surface area (Å²) in [5, 5.41) is 0. The van der Waals surface area contributed by atoms with Crippen LogP contribution in [0.5, 0.6) is 0 Å². The second-order valence-corrected chi connectivity index (χ2v) is 8.88. The van der Waals surface area contributed by atoms with Crippen LogP contribution in [0.25, 0.3) is 12.2 Å². The van der Waals surface area contributed by atoms with Crippen molar-refractivity contribution in [1.29, 1.82) is 0 Å². The van der Waals surface area contributed by atoms with E-state index < -0.39 is 11.6 Å². The summed E-state index contributed by atoms with van der Waals surface area (Å²) in [7, 11) is 0. The van der Waals surface area contributed by atoms with Gasteiger partial charge in [0.1, 0.15) is 11.6 Å². The van der Waals surface area contributed by atoms with Gasteiger partial charge in [0, 0.05) is 5.56 Å². The van der Waals surface area contributed by atoms with E-state index >= 15 is 4.39 Å². The maximum absolute atomic E-state index is 15.1. The third kappa shape index (κ3) is 5.60. The van der Waals surface area contributed by atoms with E-state index in [1.165, 1.54) is 11.6 Å². The third-order valence-electron chi connectivity index (χ3n) is 6.52. The molecule has 2 heteroatoms. The minimum absolute atomic E-state index is 0.109. The van der Waals surface area contributed by atoms with Crippen molar-refractivity contribution in [2.24, 2.45) is 5.92 Å². The van der Waals surface area contributed by atoms with E-state index in [-0.39, 0.29) is 5.56 Å². The van der Waals surface area contributed by atoms with Crippen LogP contribution in [0, 0.1) is 29.4 Å². The fourth-order valence-corrected chi connectivity index (χ4v) is 4.56. The summed E-state index contributed by atoms with van der Waals surface area (Å²) < 4.78 is 29.7. The van der Waals surface area contributed by atoms with Gasteiger partial charge in [-0.1, -0.05) is 87.1 Å².